The normalized spacial score (nSPS) is 19.0. The largest absolute Gasteiger partial charge is 0.497 e. The molecular weight excluding hydrogens is 370 g/mol. The molecule has 6 nitrogen and oxygen atoms in total. The van der Waals surface area contributed by atoms with Crippen LogP contribution in [0.5, 0.6) is 11.5 Å². The molecule has 1 amide bonds. The van der Waals surface area contributed by atoms with Crippen molar-refractivity contribution < 1.29 is 24.2 Å². The minimum absolute atomic E-state index is 0.302. The summed E-state index contributed by atoms with van der Waals surface area (Å²) in [6.45, 7) is 0. The van der Waals surface area contributed by atoms with Crippen LogP contribution in [0, 0.1) is 0 Å². The van der Waals surface area contributed by atoms with Gasteiger partial charge < -0.3 is 19.5 Å². The maximum atomic E-state index is 13.3. The van der Waals surface area contributed by atoms with E-state index in [1.807, 2.05) is 12.1 Å². The molecule has 0 aromatic heterocycles. The molecule has 2 aromatic rings. The summed E-state index contributed by atoms with van der Waals surface area (Å²) < 4.78 is 10.5. The van der Waals surface area contributed by atoms with Crippen molar-refractivity contribution in [2.75, 3.05) is 14.2 Å². The number of carbonyl (C=O) groups excluding carboxylic acids is 1. The summed E-state index contributed by atoms with van der Waals surface area (Å²) in [5.74, 6) is -0.522. The van der Waals surface area contributed by atoms with Crippen molar-refractivity contribution >= 4 is 23.5 Å². The molecule has 0 spiro atoms. The first-order valence-corrected chi connectivity index (χ1v) is 8.87. The Morgan fingerprint density at radius 3 is 2.26 bits per heavy atom. The number of likely N-dealkylation sites (tertiary alicyclic amines) is 1. The molecule has 1 aliphatic rings. The zero-order chi connectivity index (χ0) is 19.6. The molecule has 1 aliphatic heterocycles. The first-order valence-electron chi connectivity index (χ1n) is 8.49. The predicted octanol–water partition coefficient (Wildman–Crippen LogP) is 3.79. The Hall–Kier alpha value is -2.73. The summed E-state index contributed by atoms with van der Waals surface area (Å²) in [7, 11) is 2.98. The molecule has 27 heavy (non-hydrogen) atoms. The Labute approximate surface area is 162 Å². The van der Waals surface area contributed by atoms with Gasteiger partial charge in [-0.05, 0) is 36.6 Å². The van der Waals surface area contributed by atoms with E-state index in [0.29, 0.717) is 34.9 Å². The number of hydrogen-bond donors (Lipinski definition) is 1. The maximum absolute atomic E-state index is 13.3. The molecule has 1 fully saturated rings. The summed E-state index contributed by atoms with van der Waals surface area (Å²) in [6, 6.07) is 10.7. The number of ether oxygens (including phenoxy) is 2. The SMILES string of the molecule is COc1cc(OC)cc(C(=O)N2C(C(=O)O)CCC2c2ccccc2Cl)c1. The molecular formula is C20H20ClNO5. The van der Waals surface area contributed by atoms with Gasteiger partial charge in [0.2, 0.25) is 0 Å². The van der Waals surface area contributed by atoms with Crippen LogP contribution >= 0.6 is 11.6 Å². The van der Waals surface area contributed by atoms with Crippen LogP contribution in [0.15, 0.2) is 42.5 Å². The summed E-state index contributed by atoms with van der Waals surface area (Å²) in [6.07, 6.45) is 0.881. The lowest BCUT2D eigenvalue weighted by Gasteiger charge is -2.29. The number of rotatable bonds is 5. The fraction of sp³-hybridized carbons (Fsp3) is 0.300. The average Bonchev–Trinajstić information content (AvgIpc) is 3.12. The van der Waals surface area contributed by atoms with Gasteiger partial charge in [-0.1, -0.05) is 29.8 Å². The quantitative estimate of drug-likeness (QED) is 0.842. The standard InChI is InChI=1S/C20H20ClNO5/c1-26-13-9-12(10-14(11-13)27-2)19(23)22-17(7-8-18(22)20(24)25)15-5-3-4-6-16(15)21/h3-6,9-11,17-18H,7-8H2,1-2H3,(H,24,25). The highest BCUT2D eigenvalue weighted by Gasteiger charge is 2.42. The number of nitrogens with zero attached hydrogens (tertiary/aromatic N) is 1. The highest BCUT2D eigenvalue weighted by atomic mass is 35.5. The predicted molar refractivity (Wildman–Crippen MR) is 101 cm³/mol. The average molecular weight is 390 g/mol. The fourth-order valence-electron chi connectivity index (χ4n) is 3.47. The van der Waals surface area contributed by atoms with Gasteiger partial charge in [0.05, 0.1) is 20.3 Å². The van der Waals surface area contributed by atoms with E-state index in [1.165, 1.54) is 19.1 Å². The van der Waals surface area contributed by atoms with Crippen molar-refractivity contribution in [2.24, 2.45) is 0 Å². The van der Waals surface area contributed by atoms with E-state index in [2.05, 4.69) is 0 Å². The van der Waals surface area contributed by atoms with Crippen LogP contribution in [-0.2, 0) is 4.79 Å². The summed E-state index contributed by atoms with van der Waals surface area (Å²) >= 11 is 6.32. The number of carboxylic acid groups (broad SMARTS) is 1. The second-order valence-electron chi connectivity index (χ2n) is 6.28. The first kappa shape index (κ1) is 19.0. The van der Waals surface area contributed by atoms with Crippen molar-refractivity contribution in [3.63, 3.8) is 0 Å². The van der Waals surface area contributed by atoms with Gasteiger partial charge in [-0.3, -0.25) is 4.79 Å². The number of methoxy groups -OCH3 is 2. The molecule has 1 N–H and O–H groups in total. The van der Waals surface area contributed by atoms with Crippen molar-refractivity contribution in [2.45, 2.75) is 24.9 Å². The van der Waals surface area contributed by atoms with E-state index in [9.17, 15) is 14.7 Å². The monoisotopic (exact) mass is 389 g/mol. The molecule has 2 atom stereocenters. The molecule has 142 valence electrons. The number of carboxylic acids is 1. The van der Waals surface area contributed by atoms with Crippen LogP contribution in [0.1, 0.15) is 34.8 Å². The number of aliphatic carboxylic acids is 1. The first-order chi connectivity index (χ1) is 13.0. The van der Waals surface area contributed by atoms with Crippen molar-refractivity contribution in [3.05, 3.63) is 58.6 Å². The second-order valence-corrected chi connectivity index (χ2v) is 6.69. The lowest BCUT2D eigenvalue weighted by atomic mass is 10.0. The number of halogens is 1. The van der Waals surface area contributed by atoms with Crippen LogP contribution in [0.25, 0.3) is 0 Å². The minimum atomic E-state index is -1.03. The second kappa shape index (κ2) is 7.88. The van der Waals surface area contributed by atoms with Crippen LogP contribution in [0.3, 0.4) is 0 Å². The van der Waals surface area contributed by atoms with Crippen LogP contribution in [0.2, 0.25) is 5.02 Å². The third kappa shape index (κ3) is 3.71. The van der Waals surface area contributed by atoms with Crippen molar-refractivity contribution in [3.8, 4) is 11.5 Å². The third-order valence-corrected chi connectivity index (χ3v) is 5.11. The Bertz CT molecular complexity index is 847. The lowest BCUT2D eigenvalue weighted by molar-refractivity contribution is -0.141. The van der Waals surface area contributed by atoms with Gasteiger partial charge in [-0.2, -0.15) is 0 Å². The zero-order valence-corrected chi connectivity index (χ0v) is 15.8. The molecule has 7 heteroatoms. The van der Waals surface area contributed by atoms with E-state index >= 15 is 0 Å². The molecule has 1 saturated heterocycles. The minimum Gasteiger partial charge on any atom is -0.497 e. The fourth-order valence-corrected chi connectivity index (χ4v) is 3.73. The van der Waals surface area contributed by atoms with Gasteiger partial charge in [-0.15, -0.1) is 0 Å². The molecule has 1 heterocycles. The highest BCUT2D eigenvalue weighted by Crippen LogP contribution is 2.40. The van der Waals surface area contributed by atoms with Crippen molar-refractivity contribution in [1.29, 1.82) is 0 Å². The highest BCUT2D eigenvalue weighted by molar-refractivity contribution is 6.31. The molecule has 3 rings (SSSR count). The Balaban J connectivity index is 2.05. The number of benzene rings is 2. The number of carbonyl (C=O) groups is 2. The van der Waals surface area contributed by atoms with Gasteiger partial charge in [-0.25, -0.2) is 4.79 Å². The Morgan fingerprint density at radius 2 is 1.70 bits per heavy atom. The lowest BCUT2D eigenvalue weighted by Crippen LogP contribution is -2.41. The molecule has 2 unspecified atom stereocenters. The molecule has 2 aromatic carbocycles. The van der Waals surface area contributed by atoms with Crippen LogP contribution in [-0.4, -0.2) is 42.1 Å². The summed E-state index contributed by atoms with van der Waals surface area (Å²) in [4.78, 5) is 26.5. The molecule has 0 bridgehead atoms. The molecule has 0 radical (unpaired) electrons. The van der Waals surface area contributed by atoms with Gasteiger partial charge in [0, 0.05) is 16.7 Å². The zero-order valence-electron chi connectivity index (χ0n) is 15.0. The van der Waals surface area contributed by atoms with Gasteiger partial charge in [0.15, 0.2) is 0 Å². The smallest absolute Gasteiger partial charge is 0.326 e. The van der Waals surface area contributed by atoms with Crippen LogP contribution in [0.4, 0.5) is 0 Å². The van der Waals surface area contributed by atoms with E-state index in [4.69, 9.17) is 21.1 Å². The topological polar surface area (TPSA) is 76.1 Å². The van der Waals surface area contributed by atoms with E-state index in [0.717, 1.165) is 5.56 Å². The van der Waals surface area contributed by atoms with Gasteiger partial charge in [0.25, 0.3) is 5.91 Å². The molecule has 0 aliphatic carbocycles. The summed E-state index contributed by atoms with van der Waals surface area (Å²) in [5.41, 5.74) is 1.04. The Morgan fingerprint density at radius 1 is 1.07 bits per heavy atom. The van der Waals surface area contributed by atoms with Gasteiger partial charge >= 0.3 is 5.97 Å². The number of hydrogen-bond acceptors (Lipinski definition) is 4. The van der Waals surface area contributed by atoms with E-state index in [1.54, 1.807) is 30.3 Å². The van der Waals surface area contributed by atoms with E-state index < -0.39 is 24.0 Å². The number of amides is 1. The molecule has 0 saturated carbocycles. The Kier molecular flexibility index (Phi) is 5.56. The maximum Gasteiger partial charge on any atom is 0.326 e. The third-order valence-electron chi connectivity index (χ3n) is 4.77. The van der Waals surface area contributed by atoms with E-state index in [-0.39, 0.29) is 0 Å². The van der Waals surface area contributed by atoms with Gasteiger partial charge in [0.1, 0.15) is 17.5 Å². The van der Waals surface area contributed by atoms with Crippen LogP contribution < -0.4 is 9.47 Å². The van der Waals surface area contributed by atoms with Crippen molar-refractivity contribution in [1.82, 2.24) is 4.90 Å². The summed E-state index contributed by atoms with van der Waals surface area (Å²) in [5, 5.41) is 10.1.